The van der Waals surface area contributed by atoms with Gasteiger partial charge in [-0.25, -0.2) is 0 Å². The molecule has 2 heteroatoms. The average Bonchev–Trinajstić information content (AvgIpc) is 2.42. The number of nitrogens with zero attached hydrogens (tertiary/aromatic N) is 1. The smallest absolute Gasteiger partial charge is 0.0246 e. The van der Waals surface area contributed by atoms with Gasteiger partial charge in [0.2, 0.25) is 0 Å². The van der Waals surface area contributed by atoms with Crippen molar-refractivity contribution < 1.29 is 0 Å². The van der Waals surface area contributed by atoms with Gasteiger partial charge in [-0.15, -0.1) is 0 Å². The first-order valence-corrected chi connectivity index (χ1v) is 8.24. The van der Waals surface area contributed by atoms with Gasteiger partial charge in [-0.3, -0.25) is 4.90 Å². The van der Waals surface area contributed by atoms with E-state index in [0.29, 0.717) is 0 Å². The minimum atomic E-state index is 0.764. The summed E-state index contributed by atoms with van der Waals surface area (Å²) in [6.45, 7) is 7.66. The minimum absolute atomic E-state index is 0.764. The Morgan fingerprint density at radius 2 is 1.72 bits per heavy atom. The van der Waals surface area contributed by atoms with E-state index in [9.17, 15) is 0 Å². The van der Waals surface area contributed by atoms with E-state index >= 15 is 0 Å². The molecule has 1 saturated carbocycles. The molecule has 2 saturated heterocycles. The number of rotatable bonds is 1. The lowest BCUT2D eigenvalue weighted by Gasteiger charge is -2.48. The fourth-order valence-corrected chi connectivity index (χ4v) is 4.59. The summed E-state index contributed by atoms with van der Waals surface area (Å²) in [5.74, 6) is 0.895. The first-order valence-electron chi connectivity index (χ1n) is 8.24. The molecule has 1 N–H and O–H groups in total. The third-order valence-corrected chi connectivity index (χ3v) is 6.03. The van der Waals surface area contributed by atoms with Crippen LogP contribution in [0.4, 0.5) is 0 Å². The molecule has 0 radical (unpaired) electrons. The van der Waals surface area contributed by atoms with Crippen molar-refractivity contribution in [3.63, 3.8) is 0 Å². The molecule has 2 aliphatic heterocycles. The van der Waals surface area contributed by atoms with Gasteiger partial charge in [-0.1, -0.05) is 26.2 Å². The fourth-order valence-electron chi connectivity index (χ4n) is 4.59. The van der Waals surface area contributed by atoms with E-state index in [-0.39, 0.29) is 0 Å². The second kappa shape index (κ2) is 5.50. The van der Waals surface area contributed by atoms with E-state index in [1.807, 2.05) is 0 Å². The molecule has 2 unspecified atom stereocenters. The molecule has 0 aromatic carbocycles. The summed E-state index contributed by atoms with van der Waals surface area (Å²) in [6, 6.07) is 0.819. The molecular weight excluding hydrogens is 220 g/mol. The van der Waals surface area contributed by atoms with E-state index < -0.39 is 0 Å². The van der Waals surface area contributed by atoms with Gasteiger partial charge < -0.3 is 5.32 Å². The van der Waals surface area contributed by atoms with Crippen molar-refractivity contribution in [3.8, 4) is 0 Å². The molecule has 3 aliphatic rings. The van der Waals surface area contributed by atoms with Gasteiger partial charge in [0.05, 0.1) is 0 Å². The van der Waals surface area contributed by atoms with Crippen LogP contribution in [0.15, 0.2) is 0 Å². The van der Waals surface area contributed by atoms with E-state index in [1.54, 1.807) is 0 Å². The molecule has 2 heterocycles. The van der Waals surface area contributed by atoms with Crippen LogP contribution in [0.2, 0.25) is 0 Å². The molecule has 2 nitrogen and oxygen atoms in total. The van der Waals surface area contributed by atoms with E-state index in [4.69, 9.17) is 0 Å². The summed E-state index contributed by atoms with van der Waals surface area (Å²) >= 11 is 0. The maximum atomic E-state index is 3.59. The predicted molar refractivity (Wildman–Crippen MR) is 76.8 cm³/mol. The first-order chi connectivity index (χ1) is 8.79. The third kappa shape index (κ3) is 2.60. The molecule has 0 bridgehead atoms. The maximum absolute atomic E-state index is 3.59. The maximum Gasteiger partial charge on any atom is 0.0246 e. The first kappa shape index (κ1) is 12.9. The largest absolute Gasteiger partial charge is 0.315 e. The summed E-state index contributed by atoms with van der Waals surface area (Å²) in [5, 5.41) is 3.59. The highest BCUT2D eigenvalue weighted by atomic mass is 15.2. The van der Waals surface area contributed by atoms with Gasteiger partial charge in [0.25, 0.3) is 0 Å². The van der Waals surface area contributed by atoms with Crippen molar-refractivity contribution in [2.45, 2.75) is 64.3 Å². The molecule has 0 aromatic heterocycles. The van der Waals surface area contributed by atoms with Crippen LogP contribution >= 0.6 is 0 Å². The average molecular weight is 250 g/mol. The molecule has 18 heavy (non-hydrogen) atoms. The van der Waals surface area contributed by atoms with Crippen LogP contribution in [0.3, 0.4) is 0 Å². The van der Waals surface area contributed by atoms with Crippen molar-refractivity contribution in [3.05, 3.63) is 0 Å². The zero-order valence-electron chi connectivity index (χ0n) is 12.1. The van der Waals surface area contributed by atoms with Crippen LogP contribution in [-0.2, 0) is 0 Å². The highest BCUT2D eigenvalue weighted by Gasteiger charge is 2.38. The molecule has 104 valence electrons. The Bertz CT molecular complexity index is 260. The molecule has 2 atom stereocenters. The minimum Gasteiger partial charge on any atom is -0.315 e. The van der Waals surface area contributed by atoms with Crippen LogP contribution in [-0.4, -0.2) is 37.1 Å². The third-order valence-electron chi connectivity index (χ3n) is 6.03. The van der Waals surface area contributed by atoms with E-state index in [1.165, 1.54) is 77.5 Å². The molecule has 1 aliphatic carbocycles. The SMILES string of the molecule is CC1CCNCC1N1CCC2(CCCCC2)CC1. The lowest BCUT2D eigenvalue weighted by atomic mass is 9.68. The van der Waals surface area contributed by atoms with Crippen molar-refractivity contribution >= 4 is 0 Å². The normalized spacial score (nSPS) is 37.8. The van der Waals surface area contributed by atoms with E-state index in [0.717, 1.165) is 17.4 Å². The number of hydrogen-bond acceptors (Lipinski definition) is 2. The highest BCUT2D eigenvalue weighted by Crippen LogP contribution is 2.45. The van der Waals surface area contributed by atoms with Gasteiger partial charge in [0.1, 0.15) is 0 Å². The summed E-state index contributed by atoms with van der Waals surface area (Å²) in [4.78, 5) is 2.80. The lowest BCUT2D eigenvalue weighted by Crippen LogP contribution is -2.54. The van der Waals surface area contributed by atoms with Gasteiger partial charge in [-0.05, 0) is 63.1 Å². The Balaban J connectivity index is 1.55. The van der Waals surface area contributed by atoms with Crippen molar-refractivity contribution in [1.82, 2.24) is 10.2 Å². The Morgan fingerprint density at radius 3 is 2.39 bits per heavy atom. The van der Waals surface area contributed by atoms with Gasteiger partial charge in [0, 0.05) is 12.6 Å². The van der Waals surface area contributed by atoms with Crippen LogP contribution in [0.5, 0.6) is 0 Å². The molecular formula is C16H30N2. The zero-order chi connectivity index (χ0) is 12.4. The summed E-state index contributed by atoms with van der Waals surface area (Å²) in [6.07, 6.45) is 11.9. The Morgan fingerprint density at radius 1 is 1.00 bits per heavy atom. The monoisotopic (exact) mass is 250 g/mol. The number of nitrogens with one attached hydrogen (secondary N) is 1. The van der Waals surface area contributed by atoms with Gasteiger partial charge in [0.15, 0.2) is 0 Å². The van der Waals surface area contributed by atoms with Crippen LogP contribution in [0.1, 0.15) is 58.3 Å². The van der Waals surface area contributed by atoms with Crippen molar-refractivity contribution in [2.75, 3.05) is 26.2 Å². The molecule has 3 rings (SSSR count). The summed E-state index contributed by atoms with van der Waals surface area (Å²) < 4.78 is 0. The fraction of sp³-hybridized carbons (Fsp3) is 1.00. The Kier molecular flexibility index (Phi) is 3.95. The number of piperidine rings is 2. The van der Waals surface area contributed by atoms with Crippen LogP contribution < -0.4 is 5.32 Å². The van der Waals surface area contributed by atoms with Crippen LogP contribution in [0, 0.1) is 11.3 Å². The summed E-state index contributed by atoms with van der Waals surface area (Å²) in [5.41, 5.74) is 0.764. The summed E-state index contributed by atoms with van der Waals surface area (Å²) in [7, 11) is 0. The molecule has 1 spiro atoms. The number of likely N-dealkylation sites (tertiary alicyclic amines) is 1. The van der Waals surface area contributed by atoms with Gasteiger partial charge in [-0.2, -0.15) is 0 Å². The Hall–Kier alpha value is -0.0800. The second-order valence-corrected chi connectivity index (χ2v) is 7.13. The second-order valence-electron chi connectivity index (χ2n) is 7.13. The predicted octanol–water partition coefficient (Wildman–Crippen LogP) is 3.03. The molecule has 0 aromatic rings. The molecule has 0 amide bonds. The van der Waals surface area contributed by atoms with Crippen LogP contribution in [0.25, 0.3) is 0 Å². The molecule has 3 fully saturated rings. The van der Waals surface area contributed by atoms with Crippen molar-refractivity contribution in [1.29, 1.82) is 0 Å². The number of hydrogen-bond donors (Lipinski definition) is 1. The zero-order valence-corrected chi connectivity index (χ0v) is 12.1. The van der Waals surface area contributed by atoms with Crippen molar-refractivity contribution in [2.24, 2.45) is 11.3 Å². The quantitative estimate of drug-likeness (QED) is 0.769. The lowest BCUT2D eigenvalue weighted by molar-refractivity contribution is 0.0240. The van der Waals surface area contributed by atoms with E-state index in [2.05, 4.69) is 17.1 Å². The topological polar surface area (TPSA) is 15.3 Å². The Labute approximate surface area is 113 Å². The highest BCUT2D eigenvalue weighted by molar-refractivity contribution is 4.92. The standard InChI is InChI=1S/C16H30N2/c1-14-5-10-17-13-15(14)18-11-8-16(9-12-18)6-3-2-4-7-16/h14-15,17H,2-13H2,1H3. The van der Waals surface area contributed by atoms with Gasteiger partial charge >= 0.3 is 0 Å².